The van der Waals surface area contributed by atoms with Gasteiger partial charge in [-0.25, -0.2) is 0 Å². The van der Waals surface area contributed by atoms with E-state index in [0.717, 1.165) is 5.56 Å². The first kappa shape index (κ1) is 11.1. The number of rotatable bonds is 3. The van der Waals surface area contributed by atoms with Crippen molar-refractivity contribution in [1.82, 2.24) is 0 Å². The number of benzene rings is 1. The number of para-hydroxylation sites is 1. The molecule has 0 atom stereocenters. The molecule has 1 aromatic carbocycles. The molecule has 0 aliphatic heterocycles. The summed E-state index contributed by atoms with van der Waals surface area (Å²) in [4.78, 5) is 11.0. The molecule has 0 fully saturated rings. The lowest BCUT2D eigenvalue weighted by Crippen LogP contribution is -2.35. The Balaban J connectivity index is 2.89. The molecule has 0 aliphatic carbocycles. The van der Waals surface area contributed by atoms with Gasteiger partial charge in [-0.05, 0) is 44.0 Å². The van der Waals surface area contributed by atoms with E-state index in [2.05, 4.69) is 0 Å². The highest BCUT2D eigenvalue weighted by molar-refractivity contribution is 6.65. The van der Waals surface area contributed by atoms with Crippen molar-refractivity contribution in [1.29, 1.82) is 0 Å². The summed E-state index contributed by atoms with van der Waals surface area (Å²) in [5, 5.41) is -0.499. The lowest BCUT2D eigenvalue weighted by Gasteiger charge is -2.22. The van der Waals surface area contributed by atoms with Crippen LogP contribution < -0.4 is 4.74 Å². The second-order valence-electron chi connectivity index (χ2n) is 3.65. The molecule has 0 radical (unpaired) electrons. The topological polar surface area (TPSA) is 26.3 Å². The Morgan fingerprint density at radius 1 is 1.36 bits per heavy atom. The molecule has 0 aliphatic rings. The van der Waals surface area contributed by atoms with Gasteiger partial charge >= 0.3 is 0 Å². The Labute approximate surface area is 88.8 Å². The zero-order chi connectivity index (χ0) is 10.8. The van der Waals surface area contributed by atoms with Crippen molar-refractivity contribution >= 4 is 16.8 Å². The molecule has 0 saturated heterocycles. The first-order valence-corrected chi connectivity index (χ1v) is 4.76. The molecule has 76 valence electrons. The number of halogens is 1. The van der Waals surface area contributed by atoms with Crippen LogP contribution in [0, 0.1) is 6.92 Å². The molecule has 0 aromatic heterocycles. The molecule has 0 spiro atoms. The van der Waals surface area contributed by atoms with Gasteiger partial charge in [0.1, 0.15) is 5.75 Å². The first-order valence-electron chi connectivity index (χ1n) is 4.38. The van der Waals surface area contributed by atoms with E-state index in [4.69, 9.17) is 16.3 Å². The Morgan fingerprint density at radius 2 is 1.93 bits per heavy atom. The highest BCUT2D eigenvalue weighted by Crippen LogP contribution is 2.23. The maximum atomic E-state index is 11.0. The molecule has 0 bridgehead atoms. The van der Waals surface area contributed by atoms with Gasteiger partial charge in [-0.15, -0.1) is 0 Å². The lowest BCUT2D eigenvalue weighted by molar-refractivity contribution is -0.123. The van der Waals surface area contributed by atoms with Gasteiger partial charge in [-0.3, -0.25) is 4.79 Å². The molecule has 0 saturated carbocycles. The number of carbonyl (C=O) groups excluding carboxylic acids is 1. The van der Waals surface area contributed by atoms with E-state index in [0.29, 0.717) is 5.75 Å². The zero-order valence-corrected chi connectivity index (χ0v) is 9.26. The molecular weight excluding hydrogens is 200 g/mol. The van der Waals surface area contributed by atoms with Gasteiger partial charge in [-0.2, -0.15) is 0 Å². The normalized spacial score (nSPS) is 11.1. The van der Waals surface area contributed by atoms with Crippen molar-refractivity contribution in [2.45, 2.75) is 26.4 Å². The molecule has 14 heavy (non-hydrogen) atoms. The number of hydrogen-bond acceptors (Lipinski definition) is 2. The number of carbonyl (C=O) groups is 1. The van der Waals surface area contributed by atoms with E-state index in [9.17, 15) is 4.79 Å². The van der Waals surface area contributed by atoms with Crippen LogP contribution in [-0.4, -0.2) is 10.8 Å². The van der Waals surface area contributed by atoms with Crippen LogP contribution in [0.3, 0.4) is 0 Å². The van der Waals surface area contributed by atoms with Gasteiger partial charge in [0, 0.05) is 0 Å². The first-order chi connectivity index (χ1) is 6.43. The summed E-state index contributed by atoms with van der Waals surface area (Å²) in [5.74, 6) is 0.687. The Morgan fingerprint density at radius 3 is 2.43 bits per heavy atom. The predicted octanol–water partition coefficient (Wildman–Crippen LogP) is 2.92. The van der Waals surface area contributed by atoms with Gasteiger partial charge in [-0.1, -0.05) is 18.2 Å². The van der Waals surface area contributed by atoms with E-state index in [-0.39, 0.29) is 0 Å². The Kier molecular flexibility index (Phi) is 3.17. The summed E-state index contributed by atoms with van der Waals surface area (Å²) in [7, 11) is 0. The SMILES string of the molecule is Cc1ccccc1OC(C)(C)C(=O)Cl. The van der Waals surface area contributed by atoms with Gasteiger partial charge in [0.25, 0.3) is 5.24 Å². The predicted molar refractivity (Wildman–Crippen MR) is 56.7 cm³/mol. The van der Waals surface area contributed by atoms with Gasteiger partial charge < -0.3 is 4.74 Å². The van der Waals surface area contributed by atoms with Crippen molar-refractivity contribution in [2.75, 3.05) is 0 Å². The minimum Gasteiger partial charge on any atom is -0.478 e. The fraction of sp³-hybridized carbons (Fsp3) is 0.364. The number of aryl methyl sites for hydroxylation is 1. The highest BCUT2D eigenvalue weighted by Gasteiger charge is 2.28. The molecule has 1 rings (SSSR count). The standard InChI is InChI=1S/C11H13ClO2/c1-8-6-4-5-7-9(8)14-11(2,3)10(12)13/h4-7H,1-3H3. The lowest BCUT2D eigenvalue weighted by atomic mass is 10.1. The van der Waals surface area contributed by atoms with Crippen LogP contribution in [0.15, 0.2) is 24.3 Å². The largest absolute Gasteiger partial charge is 0.478 e. The zero-order valence-electron chi connectivity index (χ0n) is 8.50. The van der Waals surface area contributed by atoms with Gasteiger partial charge in [0.05, 0.1) is 0 Å². The quantitative estimate of drug-likeness (QED) is 0.721. The third kappa shape index (κ3) is 2.48. The summed E-state index contributed by atoms with van der Waals surface area (Å²) in [6.07, 6.45) is 0. The molecule has 3 heteroatoms. The Bertz CT molecular complexity index is 345. The van der Waals surface area contributed by atoms with E-state index < -0.39 is 10.8 Å². The molecule has 0 unspecified atom stereocenters. The average molecular weight is 213 g/mol. The van der Waals surface area contributed by atoms with Crippen LogP contribution in [0.5, 0.6) is 5.75 Å². The van der Waals surface area contributed by atoms with Crippen molar-refractivity contribution in [3.05, 3.63) is 29.8 Å². The summed E-state index contributed by atoms with van der Waals surface area (Å²) in [5.41, 5.74) is 0.00621. The summed E-state index contributed by atoms with van der Waals surface area (Å²) < 4.78 is 5.51. The minimum atomic E-state index is -0.979. The van der Waals surface area contributed by atoms with Crippen LogP contribution >= 0.6 is 11.6 Å². The van der Waals surface area contributed by atoms with E-state index in [1.54, 1.807) is 13.8 Å². The van der Waals surface area contributed by atoms with Crippen molar-refractivity contribution in [2.24, 2.45) is 0 Å². The van der Waals surface area contributed by atoms with E-state index in [1.807, 2.05) is 31.2 Å². The van der Waals surface area contributed by atoms with Crippen LogP contribution in [0.2, 0.25) is 0 Å². The number of hydrogen-bond donors (Lipinski definition) is 0. The monoisotopic (exact) mass is 212 g/mol. The van der Waals surface area contributed by atoms with E-state index >= 15 is 0 Å². The minimum absolute atomic E-state index is 0.499. The van der Waals surface area contributed by atoms with Crippen molar-refractivity contribution < 1.29 is 9.53 Å². The molecule has 2 nitrogen and oxygen atoms in total. The third-order valence-electron chi connectivity index (χ3n) is 1.93. The van der Waals surface area contributed by atoms with Gasteiger partial charge in [0.2, 0.25) is 0 Å². The van der Waals surface area contributed by atoms with Crippen LogP contribution in [-0.2, 0) is 4.79 Å². The average Bonchev–Trinajstić information content (AvgIpc) is 2.08. The van der Waals surface area contributed by atoms with Crippen LogP contribution in [0.1, 0.15) is 19.4 Å². The molecule has 1 aromatic rings. The molecule has 0 heterocycles. The molecule has 0 amide bonds. The smallest absolute Gasteiger partial charge is 0.264 e. The fourth-order valence-corrected chi connectivity index (χ4v) is 1.02. The maximum Gasteiger partial charge on any atom is 0.264 e. The maximum absolute atomic E-state index is 11.0. The van der Waals surface area contributed by atoms with Crippen molar-refractivity contribution in [3.63, 3.8) is 0 Å². The highest BCUT2D eigenvalue weighted by atomic mass is 35.5. The fourth-order valence-electron chi connectivity index (χ4n) is 0.986. The van der Waals surface area contributed by atoms with Crippen LogP contribution in [0.4, 0.5) is 0 Å². The van der Waals surface area contributed by atoms with E-state index in [1.165, 1.54) is 0 Å². The summed E-state index contributed by atoms with van der Waals surface area (Å²) >= 11 is 5.41. The third-order valence-corrected chi connectivity index (χ3v) is 2.39. The summed E-state index contributed by atoms with van der Waals surface area (Å²) in [6.45, 7) is 5.22. The number of ether oxygens (including phenoxy) is 1. The molecule has 0 N–H and O–H groups in total. The summed E-state index contributed by atoms with van der Waals surface area (Å²) in [6, 6.07) is 7.51. The van der Waals surface area contributed by atoms with Crippen molar-refractivity contribution in [3.8, 4) is 5.75 Å². The molecular formula is C11H13ClO2. The second kappa shape index (κ2) is 4.01. The van der Waals surface area contributed by atoms with Crippen LogP contribution in [0.25, 0.3) is 0 Å². The second-order valence-corrected chi connectivity index (χ2v) is 3.99. The van der Waals surface area contributed by atoms with Gasteiger partial charge in [0.15, 0.2) is 5.60 Å². The Hall–Kier alpha value is -1.02.